The standard InChI is InChI=1S/C16H17N3O2/c17-19-18-16(14-9-5-2-6-10-14)15(20)12-21-11-13-7-3-1-4-8-13/h1-10,15-16,20H,11-12H2. The van der Waals surface area contributed by atoms with Gasteiger partial charge in [-0.05, 0) is 16.7 Å². The van der Waals surface area contributed by atoms with Crippen LogP contribution in [0, 0.1) is 0 Å². The molecule has 0 aliphatic carbocycles. The highest BCUT2D eigenvalue weighted by atomic mass is 16.5. The Hall–Kier alpha value is -2.33. The minimum atomic E-state index is -0.882. The Labute approximate surface area is 123 Å². The van der Waals surface area contributed by atoms with Crippen molar-refractivity contribution < 1.29 is 9.84 Å². The summed E-state index contributed by atoms with van der Waals surface area (Å²) in [4.78, 5) is 2.81. The lowest BCUT2D eigenvalue weighted by Crippen LogP contribution is -2.22. The molecular weight excluding hydrogens is 266 g/mol. The zero-order chi connectivity index (χ0) is 14.9. The van der Waals surface area contributed by atoms with E-state index in [1.165, 1.54) is 0 Å². The minimum absolute atomic E-state index is 0.105. The van der Waals surface area contributed by atoms with Crippen LogP contribution in [0.5, 0.6) is 0 Å². The molecule has 1 N–H and O–H groups in total. The lowest BCUT2D eigenvalue weighted by atomic mass is 10.0. The van der Waals surface area contributed by atoms with E-state index in [2.05, 4.69) is 10.0 Å². The maximum Gasteiger partial charge on any atom is 0.0907 e. The Bertz CT molecular complexity index is 583. The number of benzene rings is 2. The molecule has 108 valence electrons. The first kappa shape index (κ1) is 15.1. The molecule has 0 aliphatic rings. The molecule has 0 radical (unpaired) electrons. The van der Waals surface area contributed by atoms with Gasteiger partial charge in [-0.3, -0.25) is 0 Å². The minimum Gasteiger partial charge on any atom is -0.390 e. The van der Waals surface area contributed by atoms with Crippen molar-refractivity contribution in [1.82, 2.24) is 0 Å². The van der Waals surface area contributed by atoms with Crippen molar-refractivity contribution in [2.24, 2.45) is 5.11 Å². The van der Waals surface area contributed by atoms with Gasteiger partial charge in [0.05, 0.1) is 25.4 Å². The van der Waals surface area contributed by atoms with Crippen molar-refractivity contribution in [3.8, 4) is 0 Å². The van der Waals surface area contributed by atoms with E-state index in [0.717, 1.165) is 11.1 Å². The second-order valence-corrected chi connectivity index (χ2v) is 4.63. The van der Waals surface area contributed by atoms with Crippen LogP contribution >= 0.6 is 0 Å². The van der Waals surface area contributed by atoms with Crippen molar-refractivity contribution in [1.29, 1.82) is 0 Å². The second-order valence-electron chi connectivity index (χ2n) is 4.63. The van der Waals surface area contributed by atoms with Crippen LogP contribution in [0.2, 0.25) is 0 Å². The van der Waals surface area contributed by atoms with Crippen molar-refractivity contribution in [2.45, 2.75) is 18.8 Å². The predicted octanol–water partition coefficient (Wildman–Crippen LogP) is 3.62. The summed E-state index contributed by atoms with van der Waals surface area (Å²) in [5, 5.41) is 13.9. The number of hydrogen-bond donors (Lipinski definition) is 1. The van der Waals surface area contributed by atoms with Crippen molar-refractivity contribution >= 4 is 0 Å². The summed E-state index contributed by atoms with van der Waals surface area (Å²) in [6.07, 6.45) is -0.882. The lowest BCUT2D eigenvalue weighted by molar-refractivity contribution is 0.0157. The molecular formula is C16H17N3O2. The van der Waals surface area contributed by atoms with Gasteiger partial charge in [0.15, 0.2) is 0 Å². The molecule has 0 aromatic heterocycles. The smallest absolute Gasteiger partial charge is 0.0907 e. The molecule has 21 heavy (non-hydrogen) atoms. The molecule has 5 nitrogen and oxygen atoms in total. The third-order valence-corrected chi connectivity index (χ3v) is 3.08. The maximum atomic E-state index is 10.2. The van der Waals surface area contributed by atoms with Crippen LogP contribution in [-0.2, 0) is 11.3 Å². The average Bonchev–Trinajstić information content (AvgIpc) is 2.54. The Morgan fingerprint density at radius 2 is 1.67 bits per heavy atom. The van der Waals surface area contributed by atoms with Crippen LogP contribution in [-0.4, -0.2) is 17.8 Å². The number of rotatable bonds is 7. The number of aliphatic hydroxyl groups excluding tert-OH is 1. The first-order chi connectivity index (χ1) is 10.3. The van der Waals surface area contributed by atoms with Gasteiger partial charge >= 0.3 is 0 Å². The van der Waals surface area contributed by atoms with Crippen molar-refractivity contribution in [2.75, 3.05) is 6.61 Å². The SMILES string of the molecule is [N-]=[N+]=NC(c1ccccc1)C(O)COCc1ccccc1. The monoisotopic (exact) mass is 283 g/mol. The van der Waals surface area contributed by atoms with E-state index in [4.69, 9.17) is 10.3 Å². The van der Waals surface area contributed by atoms with Crippen molar-refractivity contribution in [3.63, 3.8) is 0 Å². The van der Waals surface area contributed by atoms with Crippen LogP contribution < -0.4 is 0 Å². The van der Waals surface area contributed by atoms with Crippen LogP contribution in [0.25, 0.3) is 10.4 Å². The molecule has 2 aromatic carbocycles. The molecule has 0 spiro atoms. The maximum absolute atomic E-state index is 10.2. The molecule has 2 rings (SSSR count). The number of nitrogens with zero attached hydrogens (tertiary/aromatic N) is 3. The van der Waals surface area contributed by atoms with Crippen LogP contribution in [0.1, 0.15) is 17.2 Å². The zero-order valence-electron chi connectivity index (χ0n) is 11.5. The van der Waals surface area contributed by atoms with Crippen LogP contribution in [0.4, 0.5) is 0 Å². The van der Waals surface area contributed by atoms with Gasteiger partial charge in [-0.1, -0.05) is 65.8 Å². The molecule has 0 amide bonds. The van der Waals surface area contributed by atoms with Gasteiger partial charge in [-0.2, -0.15) is 0 Å². The molecule has 0 aliphatic heterocycles. The first-order valence-corrected chi connectivity index (χ1v) is 6.70. The fraction of sp³-hybridized carbons (Fsp3) is 0.250. The Morgan fingerprint density at radius 3 is 2.29 bits per heavy atom. The number of ether oxygens (including phenoxy) is 1. The first-order valence-electron chi connectivity index (χ1n) is 6.70. The summed E-state index contributed by atoms with van der Waals surface area (Å²) >= 11 is 0. The number of azide groups is 1. The summed E-state index contributed by atoms with van der Waals surface area (Å²) in [5.41, 5.74) is 10.5. The Morgan fingerprint density at radius 1 is 1.05 bits per heavy atom. The van der Waals surface area contributed by atoms with Gasteiger partial charge in [0.1, 0.15) is 0 Å². The molecule has 5 heteroatoms. The van der Waals surface area contributed by atoms with Crippen LogP contribution in [0.3, 0.4) is 0 Å². The molecule has 0 fully saturated rings. The number of aliphatic hydroxyl groups is 1. The van der Waals surface area contributed by atoms with Crippen LogP contribution in [0.15, 0.2) is 65.8 Å². The largest absolute Gasteiger partial charge is 0.390 e. The highest BCUT2D eigenvalue weighted by Gasteiger charge is 2.19. The quantitative estimate of drug-likeness (QED) is 0.478. The lowest BCUT2D eigenvalue weighted by Gasteiger charge is -2.18. The van der Waals surface area contributed by atoms with Gasteiger partial charge in [0.2, 0.25) is 0 Å². The third-order valence-electron chi connectivity index (χ3n) is 3.08. The molecule has 2 aromatic rings. The third kappa shape index (κ3) is 4.61. The van der Waals surface area contributed by atoms with Gasteiger partial charge in [-0.15, -0.1) is 0 Å². The van der Waals surface area contributed by atoms with E-state index in [9.17, 15) is 5.11 Å². The van der Waals surface area contributed by atoms with E-state index >= 15 is 0 Å². The van der Waals surface area contributed by atoms with Gasteiger partial charge in [0, 0.05) is 4.91 Å². The second kappa shape index (κ2) is 8.07. The highest BCUT2D eigenvalue weighted by Crippen LogP contribution is 2.22. The molecule has 2 unspecified atom stereocenters. The number of hydrogen-bond acceptors (Lipinski definition) is 3. The normalized spacial score (nSPS) is 13.2. The van der Waals surface area contributed by atoms with Gasteiger partial charge < -0.3 is 9.84 Å². The van der Waals surface area contributed by atoms with E-state index < -0.39 is 12.1 Å². The molecule has 0 heterocycles. The summed E-state index contributed by atoms with van der Waals surface area (Å²) < 4.78 is 5.50. The summed E-state index contributed by atoms with van der Waals surface area (Å²) in [5.74, 6) is 0. The summed E-state index contributed by atoms with van der Waals surface area (Å²) in [7, 11) is 0. The van der Waals surface area contributed by atoms with E-state index in [0.29, 0.717) is 6.61 Å². The average molecular weight is 283 g/mol. The molecule has 0 saturated heterocycles. The summed E-state index contributed by atoms with van der Waals surface area (Å²) in [6.45, 7) is 0.517. The predicted molar refractivity (Wildman–Crippen MR) is 80.4 cm³/mol. The van der Waals surface area contributed by atoms with E-state index in [1.54, 1.807) is 0 Å². The summed E-state index contributed by atoms with van der Waals surface area (Å²) in [6, 6.07) is 18.2. The highest BCUT2D eigenvalue weighted by molar-refractivity contribution is 5.20. The van der Waals surface area contributed by atoms with E-state index in [-0.39, 0.29) is 6.61 Å². The fourth-order valence-corrected chi connectivity index (χ4v) is 2.03. The topological polar surface area (TPSA) is 78.2 Å². The Kier molecular flexibility index (Phi) is 5.79. The Balaban J connectivity index is 1.93. The molecule has 0 bridgehead atoms. The molecule has 2 atom stereocenters. The van der Waals surface area contributed by atoms with Crippen molar-refractivity contribution in [3.05, 3.63) is 82.2 Å². The van der Waals surface area contributed by atoms with Gasteiger partial charge in [0.25, 0.3) is 0 Å². The zero-order valence-corrected chi connectivity index (χ0v) is 11.5. The van der Waals surface area contributed by atoms with E-state index in [1.807, 2.05) is 60.7 Å². The molecule has 0 saturated carbocycles. The van der Waals surface area contributed by atoms with Gasteiger partial charge in [-0.25, -0.2) is 0 Å². The fourth-order valence-electron chi connectivity index (χ4n) is 2.03.